The van der Waals surface area contributed by atoms with Crippen LogP contribution in [0.25, 0.3) is 0 Å². The molecule has 0 aromatic rings. The number of rotatable bonds is 3. The first-order valence-electron chi connectivity index (χ1n) is 3.70. The van der Waals surface area contributed by atoms with Gasteiger partial charge in [0.25, 0.3) is 0 Å². The summed E-state index contributed by atoms with van der Waals surface area (Å²) in [7, 11) is 0. The summed E-state index contributed by atoms with van der Waals surface area (Å²) in [6.07, 6.45) is 0. The summed E-state index contributed by atoms with van der Waals surface area (Å²) in [4.78, 5) is 0. The maximum atomic E-state index is 8.87. The van der Waals surface area contributed by atoms with Crippen molar-refractivity contribution in [3.63, 3.8) is 0 Å². The molecule has 0 aliphatic rings. The van der Waals surface area contributed by atoms with Crippen LogP contribution in [0.4, 0.5) is 0 Å². The summed E-state index contributed by atoms with van der Waals surface area (Å²) in [6, 6.07) is 0. The predicted octanol–water partition coefficient (Wildman–Crippen LogP) is 2.07. The van der Waals surface area contributed by atoms with Crippen LogP contribution in [0.5, 0.6) is 0 Å². The Hall–Kier alpha value is -0.0800. The van der Waals surface area contributed by atoms with E-state index in [1.165, 1.54) is 0 Å². The predicted molar refractivity (Wildman–Crippen MR) is 45.3 cm³/mol. The molecule has 0 rings (SSSR count). The number of aliphatic hydroxyl groups excluding tert-OH is 1. The van der Waals surface area contributed by atoms with Crippen molar-refractivity contribution in [1.29, 1.82) is 0 Å². The van der Waals surface area contributed by atoms with Gasteiger partial charge >= 0.3 is 0 Å². The lowest BCUT2D eigenvalue weighted by Crippen LogP contribution is -2.19. The Morgan fingerprint density at radius 3 is 1.30 bits per heavy atom. The second-order valence-corrected chi connectivity index (χ2v) is 3.33. The van der Waals surface area contributed by atoms with Gasteiger partial charge in [0.1, 0.15) is 0 Å². The van der Waals surface area contributed by atoms with E-state index in [4.69, 9.17) is 5.11 Å². The van der Waals surface area contributed by atoms with Gasteiger partial charge in [-0.2, -0.15) is 0 Å². The molecule has 0 amide bonds. The lowest BCUT2D eigenvalue weighted by molar-refractivity contribution is 0.150. The minimum atomic E-state index is 0. The highest BCUT2D eigenvalue weighted by Gasteiger charge is 2.15. The molecule has 0 fully saturated rings. The molecule has 0 heterocycles. The molecule has 0 unspecified atom stereocenters. The Bertz CT molecular complexity index is 63.7. The van der Waals surface area contributed by atoms with E-state index in [0.717, 1.165) is 0 Å². The maximum Gasteiger partial charge on any atom is 0.0464 e. The molecular formula is C8H21NO. The summed E-state index contributed by atoms with van der Waals surface area (Å²) >= 11 is 0. The van der Waals surface area contributed by atoms with Crippen LogP contribution in [0.1, 0.15) is 27.7 Å². The zero-order chi connectivity index (χ0) is 7.44. The van der Waals surface area contributed by atoms with Gasteiger partial charge in [-0.1, -0.05) is 27.7 Å². The Morgan fingerprint density at radius 2 is 1.30 bits per heavy atom. The minimum absolute atomic E-state index is 0. The number of hydrogen-bond acceptors (Lipinski definition) is 2. The third-order valence-electron chi connectivity index (χ3n) is 1.92. The lowest BCUT2D eigenvalue weighted by atomic mass is 9.86. The van der Waals surface area contributed by atoms with Crippen LogP contribution in [0.3, 0.4) is 0 Å². The molecule has 0 aliphatic carbocycles. The lowest BCUT2D eigenvalue weighted by Gasteiger charge is -2.21. The Labute approximate surface area is 64.2 Å². The highest BCUT2D eigenvalue weighted by atomic mass is 16.3. The average molecular weight is 147 g/mol. The molecule has 2 heteroatoms. The molecule has 0 aromatic heterocycles. The average Bonchev–Trinajstić information content (AvgIpc) is 1.64. The first kappa shape index (κ1) is 12.6. The molecule has 0 saturated heterocycles. The molecule has 0 atom stereocenters. The highest BCUT2D eigenvalue weighted by Crippen LogP contribution is 2.18. The van der Waals surface area contributed by atoms with Crippen molar-refractivity contribution in [2.75, 3.05) is 6.61 Å². The molecule has 2 nitrogen and oxygen atoms in total. The second-order valence-electron chi connectivity index (χ2n) is 3.33. The number of aliphatic hydroxyl groups is 1. The van der Waals surface area contributed by atoms with Gasteiger partial charge < -0.3 is 11.3 Å². The van der Waals surface area contributed by atoms with Gasteiger partial charge in [0.15, 0.2) is 0 Å². The monoisotopic (exact) mass is 147 g/mol. The highest BCUT2D eigenvalue weighted by molar-refractivity contribution is 4.64. The number of hydrogen-bond donors (Lipinski definition) is 2. The van der Waals surface area contributed by atoms with E-state index in [0.29, 0.717) is 24.4 Å². The van der Waals surface area contributed by atoms with Gasteiger partial charge in [-0.05, 0) is 17.8 Å². The zero-order valence-electron chi connectivity index (χ0n) is 7.59. The van der Waals surface area contributed by atoms with Crippen LogP contribution in [-0.2, 0) is 0 Å². The van der Waals surface area contributed by atoms with Crippen LogP contribution in [0.15, 0.2) is 0 Å². The van der Waals surface area contributed by atoms with Crippen LogP contribution in [0, 0.1) is 17.8 Å². The Balaban J connectivity index is 0. The van der Waals surface area contributed by atoms with Crippen LogP contribution in [0.2, 0.25) is 0 Å². The summed E-state index contributed by atoms with van der Waals surface area (Å²) in [6.45, 7) is 8.94. The van der Waals surface area contributed by atoms with Crippen molar-refractivity contribution in [1.82, 2.24) is 6.15 Å². The SMILES string of the molecule is CC(C)C(CO)C(C)C.N. The van der Waals surface area contributed by atoms with Crippen LogP contribution >= 0.6 is 0 Å². The van der Waals surface area contributed by atoms with E-state index in [9.17, 15) is 0 Å². The van der Waals surface area contributed by atoms with Crippen molar-refractivity contribution in [2.45, 2.75) is 27.7 Å². The fourth-order valence-electron chi connectivity index (χ4n) is 1.19. The maximum absolute atomic E-state index is 8.87. The Kier molecular flexibility index (Phi) is 7.15. The van der Waals surface area contributed by atoms with Crippen molar-refractivity contribution in [3.8, 4) is 0 Å². The van der Waals surface area contributed by atoms with Gasteiger partial charge in [0, 0.05) is 6.61 Å². The van der Waals surface area contributed by atoms with Gasteiger partial charge in [-0.15, -0.1) is 0 Å². The van der Waals surface area contributed by atoms with Crippen LogP contribution < -0.4 is 6.15 Å². The molecule has 0 radical (unpaired) electrons. The van der Waals surface area contributed by atoms with E-state index in [-0.39, 0.29) is 6.15 Å². The molecule has 0 saturated carbocycles. The van der Waals surface area contributed by atoms with Crippen molar-refractivity contribution in [3.05, 3.63) is 0 Å². The molecule has 0 aromatic carbocycles. The second kappa shape index (κ2) is 5.69. The summed E-state index contributed by atoms with van der Waals surface area (Å²) in [5, 5.41) is 8.87. The van der Waals surface area contributed by atoms with E-state index in [2.05, 4.69) is 27.7 Å². The summed E-state index contributed by atoms with van der Waals surface area (Å²) in [5.41, 5.74) is 0. The van der Waals surface area contributed by atoms with Gasteiger partial charge in [-0.25, -0.2) is 0 Å². The van der Waals surface area contributed by atoms with E-state index < -0.39 is 0 Å². The molecular weight excluding hydrogens is 126 g/mol. The molecule has 0 aliphatic heterocycles. The minimum Gasteiger partial charge on any atom is -0.396 e. The van der Waals surface area contributed by atoms with E-state index >= 15 is 0 Å². The fraction of sp³-hybridized carbons (Fsp3) is 1.00. The smallest absolute Gasteiger partial charge is 0.0464 e. The van der Waals surface area contributed by atoms with Crippen molar-refractivity contribution >= 4 is 0 Å². The normalized spacial score (nSPS) is 10.8. The molecule has 0 bridgehead atoms. The quantitative estimate of drug-likeness (QED) is 0.642. The third-order valence-corrected chi connectivity index (χ3v) is 1.92. The molecule has 64 valence electrons. The zero-order valence-corrected chi connectivity index (χ0v) is 7.59. The van der Waals surface area contributed by atoms with Gasteiger partial charge in [0.05, 0.1) is 0 Å². The Morgan fingerprint density at radius 1 is 1.00 bits per heavy atom. The molecule has 4 N–H and O–H groups in total. The molecule has 10 heavy (non-hydrogen) atoms. The molecule has 0 spiro atoms. The summed E-state index contributed by atoms with van der Waals surface area (Å²) < 4.78 is 0. The fourth-order valence-corrected chi connectivity index (χ4v) is 1.19. The van der Waals surface area contributed by atoms with Gasteiger partial charge in [-0.3, -0.25) is 0 Å². The third kappa shape index (κ3) is 3.85. The standard InChI is InChI=1S/C8H18O.H3N/c1-6(2)8(5-9)7(3)4;/h6-9H,5H2,1-4H3;1H3. The van der Waals surface area contributed by atoms with Gasteiger partial charge in [0.2, 0.25) is 0 Å². The first-order chi connectivity index (χ1) is 4.09. The van der Waals surface area contributed by atoms with Crippen molar-refractivity contribution in [2.24, 2.45) is 17.8 Å². The van der Waals surface area contributed by atoms with E-state index in [1.807, 2.05) is 0 Å². The van der Waals surface area contributed by atoms with Crippen molar-refractivity contribution < 1.29 is 5.11 Å². The summed E-state index contributed by atoms with van der Waals surface area (Å²) in [5.74, 6) is 1.69. The first-order valence-corrected chi connectivity index (χ1v) is 3.70. The topological polar surface area (TPSA) is 55.2 Å². The largest absolute Gasteiger partial charge is 0.396 e. The van der Waals surface area contributed by atoms with E-state index in [1.54, 1.807) is 0 Å². The van der Waals surface area contributed by atoms with Crippen LogP contribution in [-0.4, -0.2) is 11.7 Å².